The van der Waals surface area contributed by atoms with Gasteiger partial charge in [0.05, 0.1) is 37.5 Å². The average molecular weight is 353 g/mol. The highest BCUT2D eigenvalue weighted by Crippen LogP contribution is 2.31. The van der Waals surface area contributed by atoms with Crippen molar-refractivity contribution in [3.8, 4) is 11.5 Å². The molecule has 0 unspecified atom stereocenters. The Hall–Kier alpha value is -3.15. The molecule has 1 heterocycles. The summed E-state index contributed by atoms with van der Waals surface area (Å²) >= 11 is 0. The fourth-order valence-electron chi connectivity index (χ4n) is 3.07. The first kappa shape index (κ1) is 17.7. The molecule has 0 saturated heterocycles. The highest BCUT2D eigenvalue weighted by molar-refractivity contribution is 6.23. The lowest BCUT2D eigenvalue weighted by atomic mass is 10.0. The fourth-order valence-corrected chi connectivity index (χ4v) is 3.07. The number of ether oxygens (including phenoxy) is 2. The molecule has 0 aliphatic carbocycles. The van der Waals surface area contributed by atoms with Crippen LogP contribution in [0.2, 0.25) is 0 Å². The number of aryl methyl sites for hydroxylation is 1. The second-order valence-electron chi connectivity index (χ2n) is 5.88. The maximum Gasteiger partial charge on any atom is 0.261 e. The van der Waals surface area contributed by atoms with Crippen LogP contribution in [-0.4, -0.2) is 43.3 Å². The van der Waals surface area contributed by atoms with Gasteiger partial charge in [-0.3, -0.25) is 19.3 Å². The summed E-state index contributed by atoms with van der Waals surface area (Å²) < 4.78 is 10.6. The largest absolute Gasteiger partial charge is 0.496 e. The van der Waals surface area contributed by atoms with Gasteiger partial charge in [0.15, 0.2) is 5.78 Å². The van der Waals surface area contributed by atoms with E-state index >= 15 is 0 Å². The first-order valence-electron chi connectivity index (χ1n) is 8.25. The standard InChI is InChI=1S/C20H19NO5/c1-4-12-9-15(18(26-3)10-17(12)25-2)16(22)11-21-19(23)13-7-5-6-8-14(13)20(21)24/h5-10H,4,11H2,1-3H3. The molecule has 6 nitrogen and oxygen atoms in total. The van der Waals surface area contributed by atoms with Gasteiger partial charge in [-0.1, -0.05) is 19.1 Å². The molecule has 2 aromatic rings. The summed E-state index contributed by atoms with van der Waals surface area (Å²) in [6.07, 6.45) is 0.667. The van der Waals surface area contributed by atoms with Gasteiger partial charge in [0.1, 0.15) is 11.5 Å². The van der Waals surface area contributed by atoms with Crippen LogP contribution in [0.1, 0.15) is 43.6 Å². The Morgan fingerprint density at radius 2 is 1.54 bits per heavy atom. The lowest BCUT2D eigenvalue weighted by molar-refractivity contribution is 0.0623. The molecule has 0 atom stereocenters. The molecule has 26 heavy (non-hydrogen) atoms. The quantitative estimate of drug-likeness (QED) is 0.590. The number of rotatable bonds is 6. The molecule has 0 spiro atoms. The van der Waals surface area contributed by atoms with Gasteiger partial charge in [0.25, 0.3) is 11.8 Å². The van der Waals surface area contributed by atoms with Crippen molar-refractivity contribution in [1.82, 2.24) is 4.90 Å². The van der Waals surface area contributed by atoms with Crippen molar-refractivity contribution in [1.29, 1.82) is 0 Å². The van der Waals surface area contributed by atoms with Gasteiger partial charge in [0.2, 0.25) is 0 Å². The molecule has 0 saturated carbocycles. The van der Waals surface area contributed by atoms with E-state index < -0.39 is 11.8 Å². The predicted octanol–water partition coefficient (Wildman–Crippen LogP) is 2.75. The number of carbonyl (C=O) groups is 3. The minimum atomic E-state index is -0.456. The Balaban J connectivity index is 1.92. The third kappa shape index (κ3) is 2.83. The molecule has 0 fully saturated rings. The van der Waals surface area contributed by atoms with Crippen LogP contribution >= 0.6 is 0 Å². The van der Waals surface area contributed by atoms with Crippen molar-refractivity contribution in [3.05, 3.63) is 58.7 Å². The molecule has 0 N–H and O–H groups in total. The van der Waals surface area contributed by atoms with E-state index in [1.807, 2.05) is 6.92 Å². The van der Waals surface area contributed by atoms with Crippen LogP contribution in [0.5, 0.6) is 11.5 Å². The van der Waals surface area contributed by atoms with Gasteiger partial charge in [-0.25, -0.2) is 0 Å². The summed E-state index contributed by atoms with van der Waals surface area (Å²) in [6, 6.07) is 9.89. The van der Waals surface area contributed by atoms with Gasteiger partial charge in [-0.2, -0.15) is 0 Å². The van der Waals surface area contributed by atoms with Crippen molar-refractivity contribution in [2.24, 2.45) is 0 Å². The normalized spacial score (nSPS) is 13.0. The molecular formula is C20H19NO5. The molecule has 0 bridgehead atoms. The molecule has 2 amide bonds. The number of Topliss-reactive ketones (excluding diaryl/α,β-unsaturated/α-hetero) is 1. The molecule has 1 aliphatic rings. The molecular weight excluding hydrogens is 334 g/mol. The Kier molecular flexibility index (Phi) is 4.75. The van der Waals surface area contributed by atoms with E-state index in [1.54, 1.807) is 43.5 Å². The Labute approximate surface area is 151 Å². The number of benzene rings is 2. The molecule has 0 aromatic heterocycles. The first-order valence-corrected chi connectivity index (χ1v) is 8.25. The highest BCUT2D eigenvalue weighted by atomic mass is 16.5. The Morgan fingerprint density at radius 1 is 0.962 bits per heavy atom. The third-order valence-corrected chi connectivity index (χ3v) is 4.46. The number of ketones is 1. The smallest absolute Gasteiger partial charge is 0.261 e. The van der Waals surface area contributed by atoms with E-state index in [0.717, 1.165) is 10.5 Å². The maximum absolute atomic E-state index is 12.8. The summed E-state index contributed by atoms with van der Waals surface area (Å²) in [7, 11) is 3.01. The van der Waals surface area contributed by atoms with Crippen LogP contribution in [0.25, 0.3) is 0 Å². The van der Waals surface area contributed by atoms with Gasteiger partial charge in [0, 0.05) is 6.07 Å². The minimum absolute atomic E-state index is 0.321. The number of methoxy groups -OCH3 is 2. The number of fused-ring (bicyclic) bond motifs is 1. The molecule has 134 valence electrons. The third-order valence-electron chi connectivity index (χ3n) is 4.46. The molecule has 6 heteroatoms. The lowest BCUT2D eigenvalue weighted by Crippen LogP contribution is -2.35. The number of nitrogens with zero attached hydrogens (tertiary/aromatic N) is 1. The van der Waals surface area contributed by atoms with Gasteiger partial charge in [-0.05, 0) is 30.2 Å². The molecule has 2 aromatic carbocycles. The topological polar surface area (TPSA) is 72.9 Å². The molecule has 3 rings (SSSR count). The second-order valence-corrected chi connectivity index (χ2v) is 5.88. The van der Waals surface area contributed by atoms with Gasteiger partial charge >= 0.3 is 0 Å². The van der Waals surface area contributed by atoms with Crippen LogP contribution in [0.15, 0.2) is 36.4 Å². The SMILES string of the molecule is CCc1cc(C(=O)CN2C(=O)c3ccccc3C2=O)c(OC)cc1OC. The Morgan fingerprint density at radius 3 is 2.04 bits per heavy atom. The van der Waals surface area contributed by atoms with Crippen molar-refractivity contribution < 1.29 is 23.9 Å². The summed E-state index contributed by atoms with van der Waals surface area (Å²) in [4.78, 5) is 38.7. The number of carbonyl (C=O) groups excluding carboxylic acids is 3. The fraction of sp³-hybridized carbons (Fsp3) is 0.250. The number of amides is 2. The summed E-state index contributed by atoms with van der Waals surface area (Å²) in [5, 5.41) is 0. The zero-order chi connectivity index (χ0) is 18.8. The Bertz CT molecular complexity index is 868. The van der Waals surface area contributed by atoms with Crippen molar-refractivity contribution in [3.63, 3.8) is 0 Å². The highest BCUT2D eigenvalue weighted by Gasteiger charge is 2.36. The lowest BCUT2D eigenvalue weighted by Gasteiger charge is -2.16. The monoisotopic (exact) mass is 353 g/mol. The zero-order valence-electron chi connectivity index (χ0n) is 14.9. The summed E-state index contributed by atoms with van der Waals surface area (Å²) in [6.45, 7) is 1.61. The van der Waals surface area contributed by atoms with Crippen LogP contribution in [0, 0.1) is 0 Å². The second kappa shape index (κ2) is 7.00. The number of imide groups is 1. The summed E-state index contributed by atoms with van der Waals surface area (Å²) in [5.74, 6) is -0.305. The van der Waals surface area contributed by atoms with Crippen molar-refractivity contribution >= 4 is 17.6 Å². The summed E-state index contributed by atoms with van der Waals surface area (Å²) in [5.41, 5.74) is 1.81. The van der Waals surface area contributed by atoms with Crippen LogP contribution < -0.4 is 9.47 Å². The van der Waals surface area contributed by atoms with Crippen molar-refractivity contribution in [2.45, 2.75) is 13.3 Å². The van der Waals surface area contributed by atoms with Gasteiger partial charge in [-0.15, -0.1) is 0 Å². The van der Waals surface area contributed by atoms with E-state index in [-0.39, 0.29) is 12.3 Å². The van der Waals surface area contributed by atoms with Crippen LogP contribution in [0.4, 0.5) is 0 Å². The van der Waals surface area contributed by atoms with Crippen LogP contribution in [-0.2, 0) is 6.42 Å². The van der Waals surface area contributed by atoms with E-state index in [2.05, 4.69) is 0 Å². The van der Waals surface area contributed by atoms with Gasteiger partial charge < -0.3 is 9.47 Å². The molecule has 0 radical (unpaired) electrons. The van der Waals surface area contributed by atoms with Crippen LogP contribution in [0.3, 0.4) is 0 Å². The number of hydrogen-bond acceptors (Lipinski definition) is 5. The van der Waals surface area contributed by atoms with E-state index in [1.165, 1.54) is 7.11 Å². The van der Waals surface area contributed by atoms with E-state index in [0.29, 0.717) is 34.6 Å². The van der Waals surface area contributed by atoms with E-state index in [4.69, 9.17) is 9.47 Å². The number of hydrogen-bond donors (Lipinski definition) is 0. The predicted molar refractivity (Wildman–Crippen MR) is 95.1 cm³/mol. The van der Waals surface area contributed by atoms with Crippen molar-refractivity contribution in [2.75, 3.05) is 20.8 Å². The first-order chi connectivity index (χ1) is 12.5. The molecule has 1 aliphatic heterocycles. The van der Waals surface area contributed by atoms with E-state index in [9.17, 15) is 14.4 Å². The minimum Gasteiger partial charge on any atom is -0.496 e. The average Bonchev–Trinajstić information content (AvgIpc) is 2.91. The zero-order valence-corrected chi connectivity index (χ0v) is 14.9. The maximum atomic E-state index is 12.8.